The van der Waals surface area contributed by atoms with E-state index in [0.29, 0.717) is 0 Å². The maximum atomic E-state index is 11.9. The molecule has 1 saturated carbocycles. The molecule has 0 aliphatic heterocycles. The summed E-state index contributed by atoms with van der Waals surface area (Å²) in [5, 5.41) is 20.2. The van der Waals surface area contributed by atoms with Crippen LogP contribution in [0.15, 0.2) is 0 Å². The molecule has 0 aromatic carbocycles. The monoisotopic (exact) mass is 273 g/mol. The third-order valence-corrected chi connectivity index (χ3v) is 2.86. The molecule has 0 aromatic rings. The Bertz CT molecular complexity index is 356. The molecule has 8 heteroatoms. The first-order chi connectivity index (χ1) is 8.95. The average Bonchev–Trinajstić information content (AvgIpc) is 3.14. The summed E-state index contributed by atoms with van der Waals surface area (Å²) in [6.07, 6.45) is 1.55. The first-order valence-electron chi connectivity index (χ1n) is 6.14. The van der Waals surface area contributed by atoms with E-state index in [2.05, 4.69) is 5.32 Å². The fourth-order valence-electron chi connectivity index (χ4n) is 1.72. The van der Waals surface area contributed by atoms with Crippen LogP contribution in [0.2, 0.25) is 0 Å². The summed E-state index contributed by atoms with van der Waals surface area (Å²) >= 11 is 0. The zero-order chi connectivity index (χ0) is 14.4. The lowest BCUT2D eigenvalue weighted by Crippen LogP contribution is -2.49. The standard InChI is InChI=1S/C11H19N3O5/c12-9(16)4-3-8(10(17)18)13-11(19)14(5-6-15)7-1-2-7/h7-8,15H,1-6H2,(H2,12,16)(H,13,19)(H,17,18)/t8-/m0/s1. The van der Waals surface area contributed by atoms with Crippen LogP contribution in [0.5, 0.6) is 0 Å². The number of rotatable bonds is 8. The van der Waals surface area contributed by atoms with Gasteiger partial charge in [0.15, 0.2) is 0 Å². The van der Waals surface area contributed by atoms with Gasteiger partial charge >= 0.3 is 12.0 Å². The highest BCUT2D eigenvalue weighted by atomic mass is 16.4. The summed E-state index contributed by atoms with van der Waals surface area (Å²) < 4.78 is 0. The van der Waals surface area contributed by atoms with E-state index in [-0.39, 0.29) is 32.0 Å². The summed E-state index contributed by atoms with van der Waals surface area (Å²) in [5.74, 6) is -1.83. The summed E-state index contributed by atoms with van der Waals surface area (Å²) in [4.78, 5) is 34.9. The molecule has 0 aromatic heterocycles. The Morgan fingerprint density at radius 3 is 2.42 bits per heavy atom. The van der Waals surface area contributed by atoms with E-state index in [1.165, 1.54) is 4.90 Å². The number of nitrogens with zero attached hydrogens (tertiary/aromatic N) is 1. The maximum absolute atomic E-state index is 11.9. The number of aliphatic carboxylic acids is 1. The largest absolute Gasteiger partial charge is 0.480 e. The zero-order valence-corrected chi connectivity index (χ0v) is 10.5. The van der Waals surface area contributed by atoms with Crippen molar-refractivity contribution in [3.63, 3.8) is 0 Å². The van der Waals surface area contributed by atoms with Crippen LogP contribution in [-0.4, -0.2) is 58.3 Å². The smallest absolute Gasteiger partial charge is 0.326 e. The third-order valence-electron chi connectivity index (χ3n) is 2.86. The molecule has 108 valence electrons. The van der Waals surface area contributed by atoms with Crippen molar-refractivity contribution in [1.29, 1.82) is 0 Å². The third kappa shape index (κ3) is 5.12. The number of urea groups is 1. The Morgan fingerprint density at radius 1 is 1.37 bits per heavy atom. The van der Waals surface area contributed by atoms with Gasteiger partial charge in [0.1, 0.15) is 6.04 Å². The van der Waals surface area contributed by atoms with Crippen molar-refractivity contribution in [3.8, 4) is 0 Å². The van der Waals surface area contributed by atoms with E-state index >= 15 is 0 Å². The maximum Gasteiger partial charge on any atom is 0.326 e. The molecule has 1 rings (SSSR count). The van der Waals surface area contributed by atoms with Gasteiger partial charge in [-0.1, -0.05) is 0 Å². The number of primary amides is 1. The molecule has 0 bridgehead atoms. The van der Waals surface area contributed by atoms with E-state index in [4.69, 9.17) is 15.9 Å². The van der Waals surface area contributed by atoms with Gasteiger partial charge in [0, 0.05) is 19.0 Å². The molecule has 8 nitrogen and oxygen atoms in total. The minimum atomic E-state index is -1.21. The van der Waals surface area contributed by atoms with Crippen molar-refractivity contribution in [1.82, 2.24) is 10.2 Å². The number of carboxylic acids is 1. The Hall–Kier alpha value is -1.83. The normalized spacial score (nSPS) is 15.6. The number of nitrogens with two attached hydrogens (primary N) is 1. The van der Waals surface area contributed by atoms with Crippen LogP contribution in [-0.2, 0) is 9.59 Å². The van der Waals surface area contributed by atoms with E-state index in [0.717, 1.165) is 12.8 Å². The fraction of sp³-hybridized carbons (Fsp3) is 0.727. The van der Waals surface area contributed by atoms with Crippen molar-refractivity contribution in [2.75, 3.05) is 13.2 Å². The second kappa shape index (κ2) is 6.93. The van der Waals surface area contributed by atoms with Crippen LogP contribution in [0, 0.1) is 0 Å². The number of carboxylic acid groups (broad SMARTS) is 1. The highest BCUT2D eigenvalue weighted by molar-refractivity contribution is 5.83. The van der Waals surface area contributed by atoms with E-state index in [1.807, 2.05) is 0 Å². The molecule has 0 radical (unpaired) electrons. The van der Waals surface area contributed by atoms with Crippen LogP contribution >= 0.6 is 0 Å². The zero-order valence-electron chi connectivity index (χ0n) is 10.5. The Labute approximate surface area is 110 Å². The van der Waals surface area contributed by atoms with Crippen molar-refractivity contribution >= 4 is 17.9 Å². The molecule has 0 saturated heterocycles. The second-order valence-electron chi connectivity index (χ2n) is 4.49. The Morgan fingerprint density at radius 2 is 2.00 bits per heavy atom. The first-order valence-corrected chi connectivity index (χ1v) is 6.14. The molecule has 19 heavy (non-hydrogen) atoms. The van der Waals surface area contributed by atoms with Crippen molar-refractivity contribution in [2.24, 2.45) is 5.73 Å². The van der Waals surface area contributed by atoms with Gasteiger partial charge in [-0.3, -0.25) is 4.79 Å². The number of aliphatic hydroxyl groups is 1. The van der Waals surface area contributed by atoms with Crippen LogP contribution in [0.25, 0.3) is 0 Å². The molecule has 5 N–H and O–H groups in total. The fourth-order valence-corrected chi connectivity index (χ4v) is 1.72. The molecular weight excluding hydrogens is 254 g/mol. The number of carbonyl (C=O) groups is 3. The number of amides is 3. The minimum Gasteiger partial charge on any atom is -0.480 e. The summed E-state index contributed by atoms with van der Waals surface area (Å²) in [6, 6.07) is -1.62. The molecule has 0 spiro atoms. The minimum absolute atomic E-state index is 0.0476. The predicted octanol–water partition coefficient (Wildman–Crippen LogP) is -1.13. The number of nitrogens with one attached hydrogen (secondary N) is 1. The van der Waals surface area contributed by atoms with Gasteiger partial charge in [0.25, 0.3) is 0 Å². The van der Waals surface area contributed by atoms with Crippen molar-refractivity contribution < 1.29 is 24.6 Å². The number of hydrogen-bond donors (Lipinski definition) is 4. The quantitative estimate of drug-likeness (QED) is 0.444. The summed E-state index contributed by atoms with van der Waals surface area (Å²) in [5.41, 5.74) is 4.95. The van der Waals surface area contributed by atoms with Gasteiger partial charge < -0.3 is 26.2 Å². The molecule has 1 fully saturated rings. The van der Waals surface area contributed by atoms with Crippen LogP contribution in [0.1, 0.15) is 25.7 Å². The summed E-state index contributed by atoms with van der Waals surface area (Å²) in [6.45, 7) is -0.0123. The van der Waals surface area contributed by atoms with Crippen molar-refractivity contribution in [3.05, 3.63) is 0 Å². The van der Waals surface area contributed by atoms with E-state index < -0.39 is 23.9 Å². The molecule has 3 amide bonds. The molecule has 1 aliphatic rings. The Balaban J connectivity index is 2.53. The number of hydrogen-bond acceptors (Lipinski definition) is 4. The van der Waals surface area contributed by atoms with E-state index in [9.17, 15) is 14.4 Å². The average molecular weight is 273 g/mol. The molecular formula is C11H19N3O5. The van der Waals surface area contributed by atoms with Gasteiger partial charge in [-0.15, -0.1) is 0 Å². The molecule has 0 heterocycles. The lowest BCUT2D eigenvalue weighted by atomic mass is 10.1. The van der Waals surface area contributed by atoms with Gasteiger partial charge in [0.05, 0.1) is 6.61 Å². The SMILES string of the molecule is NC(=O)CC[C@H](NC(=O)N(CCO)C1CC1)C(=O)O. The highest BCUT2D eigenvalue weighted by Crippen LogP contribution is 2.26. The lowest BCUT2D eigenvalue weighted by Gasteiger charge is -2.24. The Kier molecular flexibility index (Phi) is 5.56. The van der Waals surface area contributed by atoms with Crippen LogP contribution in [0.4, 0.5) is 4.79 Å². The van der Waals surface area contributed by atoms with Gasteiger partial charge in [-0.05, 0) is 19.3 Å². The molecule has 0 unspecified atom stereocenters. The number of aliphatic hydroxyl groups excluding tert-OH is 1. The van der Waals surface area contributed by atoms with Crippen LogP contribution < -0.4 is 11.1 Å². The predicted molar refractivity (Wildman–Crippen MR) is 65.2 cm³/mol. The van der Waals surface area contributed by atoms with Crippen LogP contribution in [0.3, 0.4) is 0 Å². The lowest BCUT2D eigenvalue weighted by molar-refractivity contribution is -0.139. The van der Waals surface area contributed by atoms with E-state index in [1.54, 1.807) is 0 Å². The number of carbonyl (C=O) groups excluding carboxylic acids is 2. The van der Waals surface area contributed by atoms with Gasteiger partial charge in [-0.2, -0.15) is 0 Å². The van der Waals surface area contributed by atoms with Crippen molar-refractivity contribution in [2.45, 2.75) is 37.8 Å². The van der Waals surface area contributed by atoms with Gasteiger partial charge in [-0.25, -0.2) is 9.59 Å². The van der Waals surface area contributed by atoms with Gasteiger partial charge in [0.2, 0.25) is 5.91 Å². The topological polar surface area (TPSA) is 133 Å². The molecule has 1 atom stereocenters. The second-order valence-corrected chi connectivity index (χ2v) is 4.49. The molecule has 1 aliphatic carbocycles. The summed E-state index contributed by atoms with van der Waals surface area (Å²) in [7, 11) is 0. The highest BCUT2D eigenvalue weighted by Gasteiger charge is 2.33. The first kappa shape index (κ1) is 15.2.